The minimum absolute atomic E-state index is 0.0197. The number of carbonyl (C=O) groups excluding carboxylic acids is 1. The van der Waals surface area contributed by atoms with Crippen molar-refractivity contribution in [2.24, 2.45) is 0 Å². The average molecular weight is 258 g/mol. The molecule has 0 N–H and O–H groups in total. The molecule has 0 unspecified atom stereocenters. The van der Waals surface area contributed by atoms with Gasteiger partial charge in [-0.25, -0.2) is 4.39 Å². The Bertz CT molecular complexity index is 439. The van der Waals surface area contributed by atoms with E-state index in [-0.39, 0.29) is 17.5 Å². The number of hydrogen-bond acceptors (Lipinski definition) is 2. The zero-order valence-corrected chi connectivity index (χ0v) is 10.2. The van der Waals surface area contributed by atoms with Crippen molar-refractivity contribution in [3.63, 3.8) is 0 Å². The van der Waals surface area contributed by atoms with E-state index in [9.17, 15) is 9.18 Å². The van der Waals surface area contributed by atoms with Crippen LogP contribution in [0.4, 0.5) is 4.39 Å². The summed E-state index contributed by atoms with van der Waals surface area (Å²) in [5, 5.41) is 0.357. The first-order valence-corrected chi connectivity index (χ1v) is 5.81. The van der Waals surface area contributed by atoms with Gasteiger partial charge in [0.15, 0.2) is 0 Å². The predicted octanol–water partition coefficient (Wildman–Crippen LogP) is 2.34. The largest absolute Gasteiger partial charge is 0.377 e. The summed E-state index contributed by atoms with van der Waals surface area (Å²) < 4.78 is 18.8. The third-order valence-corrected chi connectivity index (χ3v) is 3.02. The molecule has 0 spiro atoms. The van der Waals surface area contributed by atoms with Crippen LogP contribution in [-0.4, -0.2) is 36.6 Å². The fourth-order valence-corrected chi connectivity index (χ4v) is 2.02. The van der Waals surface area contributed by atoms with Gasteiger partial charge in [-0.1, -0.05) is 11.6 Å². The Balaban J connectivity index is 2.26. The number of rotatable bonds is 1. The molecule has 1 aliphatic rings. The molecule has 1 aromatic carbocycles. The Labute approximate surface area is 104 Å². The minimum atomic E-state index is -0.543. The number of halogens is 2. The molecule has 1 heterocycles. The van der Waals surface area contributed by atoms with Crippen molar-refractivity contribution in [1.29, 1.82) is 0 Å². The van der Waals surface area contributed by atoms with E-state index in [0.29, 0.717) is 24.8 Å². The summed E-state index contributed by atoms with van der Waals surface area (Å²) in [6.45, 7) is 3.32. The fraction of sp³-hybridized carbons (Fsp3) is 0.417. The van der Waals surface area contributed by atoms with Crippen LogP contribution in [0.5, 0.6) is 0 Å². The van der Waals surface area contributed by atoms with Crippen molar-refractivity contribution in [2.75, 3.05) is 19.8 Å². The third kappa shape index (κ3) is 2.58. The Morgan fingerprint density at radius 2 is 2.35 bits per heavy atom. The van der Waals surface area contributed by atoms with E-state index in [0.717, 1.165) is 0 Å². The van der Waals surface area contributed by atoms with E-state index < -0.39 is 5.82 Å². The van der Waals surface area contributed by atoms with Crippen molar-refractivity contribution < 1.29 is 13.9 Å². The topological polar surface area (TPSA) is 29.5 Å². The van der Waals surface area contributed by atoms with Crippen LogP contribution in [0, 0.1) is 5.82 Å². The van der Waals surface area contributed by atoms with Crippen LogP contribution in [0.2, 0.25) is 5.02 Å². The second-order valence-electron chi connectivity index (χ2n) is 4.05. The first kappa shape index (κ1) is 12.3. The quantitative estimate of drug-likeness (QED) is 0.773. The molecule has 17 heavy (non-hydrogen) atoms. The molecule has 0 aromatic heterocycles. The molecule has 0 bridgehead atoms. The lowest BCUT2D eigenvalue weighted by Gasteiger charge is -2.33. The highest BCUT2D eigenvalue weighted by atomic mass is 35.5. The molecule has 1 saturated heterocycles. The number of amides is 1. The SMILES string of the molecule is C[C@@H]1COCCN1C(=O)c1cc(Cl)ccc1F. The molecular formula is C12H13ClFNO2. The van der Waals surface area contributed by atoms with Crippen LogP contribution < -0.4 is 0 Å². The number of carbonyl (C=O) groups is 1. The maximum Gasteiger partial charge on any atom is 0.257 e. The number of hydrogen-bond donors (Lipinski definition) is 0. The molecule has 1 atom stereocenters. The van der Waals surface area contributed by atoms with Crippen LogP contribution in [0.25, 0.3) is 0 Å². The number of benzene rings is 1. The molecule has 3 nitrogen and oxygen atoms in total. The summed E-state index contributed by atoms with van der Waals surface area (Å²) in [7, 11) is 0. The van der Waals surface area contributed by atoms with E-state index in [1.165, 1.54) is 18.2 Å². The molecule has 92 valence electrons. The molecule has 0 radical (unpaired) electrons. The maximum atomic E-state index is 13.6. The van der Waals surface area contributed by atoms with Gasteiger partial charge < -0.3 is 9.64 Å². The van der Waals surface area contributed by atoms with E-state index in [2.05, 4.69) is 0 Å². The summed E-state index contributed by atoms with van der Waals surface area (Å²) in [6, 6.07) is 3.95. The first-order valence-electron chi connectivity index (χ1n) is 5.43. The predicted molar refractivity (Wildman–Crippen MR) is 62.7 cm³/mol. The smallest absolute Gasteiger partial charge is 0.257 e. The molecule has 1 aromatic rings. The van der Waals surface area contributed by atoms with Gasteiger partial charge in [0.2, 0.25) is 0 Å². The monoisotopic (exact) mass is 257 g/mol. The van der Waals surface area contributed by atoms with Crippen LogP contribution in [0.1, 0.15) is 17.3 Å². The van der Waals surface area contributed by atoms with E-state index in [1.54, 1.807) is 4.90 Å². The summed E-state index contributed by atoms with van der Waals surface area (Å²) >= 11 is 5.77. The molecule has 0 saturated carbocycles. The van der Waals surface area contributed by atoms with Gasteiger partial charge >= 0.3 is 0 Å². The third-order valence-electron chi connectivity index (χ3n) is 2.79. The van der Waals surface area contributed by atoms with Gasteiger partial charge in [-0.2, -0.15) is 0 Å². The highest BCUT2D eigenvalue weighted by molar-refractivity contribution is 6.31. The van der Waals surface area contributed by atoms with Crippen LogP contribution in [-0.2, 0) is 4.74 Å². The van der Waals surface area contributed by atoms with E-state index in [1.807, 2.05) is 6.92 Å². The number of morpholine rings is 1. The molecule has 1 fully saturated rings. The van der Waals surface area contributed by atoms with Gasteiger partial charge in [0.25, 0.3) is 5.91 Å². The minimum Gasteiger partial charge on any atom is -0.377 e. The van der Waals surface area contributed by atoms with Gasteiger partial charge in [0.05, 0.1) is 24.8 Å². The van der Waals surface area contributed by atoms with E-state index >= 15 is 0 Å². The average Bonchev–Trinajstić information content (AvgIpc) is 2.32. The second-order valence-corrected chi connectivity index (χ2v) is 4.48. The van der Waals surface area contributed by atoms with E-state index in [4.69, 9.17) is 16.3 Å². The van der Waals surface area contributed by atoms with Gasteiger partial charge in [-0.05, 0) is 25.1 Å². The highest BCUT2D eigenvalue weighted by Gasteiger charge is 2.26. The lowest BCUT2D eigenvalue weighted by molar-refractivity contribution is 0.00335. The zero-order chi connectivity index (χ0) is 12.4. The normalized spacial score (nSPS) is 20.4. The van der Waals surface area contributed by atoms with Crippen LogP contribution in [0.15, 0.2) is 18.2 Å². The molecule has 5 heteroatoms. The number of nitrogens with zero attached hydrogens (tertiary/aromatic N) is 1. The zero-order valence-electron chi connectivity index (χ0n) is 9.45. The van der Waals surface area contributed by atoms with Crippen LogP contribution in [0.3, 0.4) is 0 Å². The van der Waals surface area contributed by atoms with Gasteiger partial charge in [-0.3, -0.25) is 4.79 Å². The van der Waals surface area contributed by atoms with Gasteiger partial charge in [0, 0.05) is 11.6 Å². The lowest BCUT2D eigenvalue weighted by Crippen LogP contribution is -2.47. The molecular weight excluding hydrogens is 245 g/mol. The maximum absolute atomic E-state index is 13.6. The van der Waals surface area contributed by atoms with Crippen LogP contribution >= 0.6 is 11.6 Å². The molecule has 0 aliphatic carbocycles. The Morgan fingerprint density at radius 1 is 1.59 bits per heavy atom. The van der Waals surface area contributed by atoms with Crippen molar-refractivity contribution in [3.05, 3.63) is 34.6 Å². The molecule has 1 aliphatic heterocycles. The fourth-order valence-electron chi connectivity index (χ4n) is 1.84. The molecule has 1 amide bonds. The Morgan fingerprint density at radius 3 is 3.06 bits per heavy atom. The standard InChI is InChI=1S/C12H13ClFNO2/c1-8-7-17-5-4-15(8)12(16)10-6-9(13)2-3-11(10)14/h2-3,6,8H,4-5,7H2,1H3/t8-/m1/s1. The summed E-state index contributed by atoms with van der Waals surface area (Å²) in [4.78, 5) is 13.8. The van der Waals surface area contributed by atoms with Gasteiger partial charge in [0.1, 0.15) is 5.82 Å². The summed E-state index contributed by atoms with van der Waals surface area (Å²) in [5.41, 5.74) is 0.0197. The lowest BCUT2D eigenvalue weighted by atomic mass is 10.1. The Hall–Kier alpha value is -1.13. The van der Waals surface area contributed by atoms with Crippen molar-refractivity contribution in [3.8, 4) is 0 Å². The van der Waals surface area contributed by atoms with Crippen molar-refractivity contribution in [1.82, 2.24) is 4.90 Å². The highest BCUT2D eigenvalue weighted by Crippen LogP contribution is 2.19. The van der Waals surface area contributed by atoms with Crippen molar-refractivity contribution >= 4 is 17.5 Å². The van der Waals surface area contributed by atoms with Crippen molar-refractivity contribution in [2.45, 2.75) is 13.0 Å². The summed E-state index contributed by atoms with van der Waals surface area (Å²) in [6.07, 6.45) is 0. The first-order chi connectivity index (χ1) is 8.09. The molecule has 2 rings (SSSR count). The second kappa shape index (κ2) is 5.02. The van der Waals surface area contributed by atoms with Gasteiger partial charge in [-0.15, -0.1) is 0 Å². The Kier molecular flexibility index (Phi) is 3.64. The number of ether oxygens (including phenoxy) is 1. The summed E-state index contributed by atoms with van der Waals surface area (Å²) in [5.74, 6) is -0.876.